The lowest BCUT2D eigenvalue weighted by molar-refractivity contribution is -0.0503. The molecule has 0 spiro atoms. The van der Waals surface area contributed by atoms with Crippen LogP contribution in [0.5, 0.6) is 11.5 Å². The third kappa shape index (κ3) is 2.81. The van der Waals surface area contributed by atoms with E-state index in [1.807, 2.05) is 0 Å². The minimum atomic E-state index is -3.17. The molecular formula is C10H7F2NO4. The molecule has 0 fully saturated rings. The molecule has 0 amide bonds. The van der Waals surface area contributed by atoms with Gasteiger partial charge in [0.1, 0.15) is 23.1 Å². The van der Waals surface area contributed by atoms with E-state index < -0.39 is 23.9 Å². The molecule has 0 saturated heterocycles. The Labute approximate surface area is 94.8 Å². The van der Waals surface area contributed by atoms with Crippen LogP contribution in [0.2, 0.25) is 0 Å². The fraction of sp³-hybridized carbons (Fsp3) is 0.200. The van der Waals surface area contributed by atoms with Gasteiger partial charge < -0.3 is 14.6 Å². The third-order valence-electron chi connectivity index (χ3n) is 1.87. The average molecular weight is 243 g/mol. The predicted molar refractivity (Wildman–Crippen MR) is 51.3 cm³/mol. The highest BCUT2D eigenvalue weighted by molar-refractivity contribution is 5.92. The summed E-state index contributed by atoms with van der Waals surface area (Å²) < 4.78 is 32.9. The van der Waals surface area contributed by atoms with Gasteiger partial charge in [0.2, 0.25) is 0 Å². The zero-order chi connectivity index (χ0) is 13.0. The van der Waals surface area contributed by atoms with Crippen LogP contribution in [0.25, 0.3) is 0 Å². The van der Waals surface area contributed by atoms with Crippen molar-refractivity contribution in [1.82, 2.24) is 0 Å². The first-order valence-electron chi connectivity index (χ1n) is 4.29. The fourth-order valence-electron chi connectivity index (χ4n) is 1.18. The number of rotatable bonds is 4. The van der Waals surface area contributed by atoms with Crippen molar-refractivity contribution >= 4 is 5.97 Å². The van der Waals surface area contributed by atoms with Crippen LogP contribution < -0.4 is 9.47 Å². The molecule has 0 aliphatic rings. The van der Waals surface area contributed by atoms with Crippen molar-refractivity contribution in [2.24, 2.45) is 0 Å². The van der Waals surface area contributed by atoms with Crippen LogP contribution in [0.15, 0.2) is 12.1 Å². The van der Waals surface area contributed by atoms with Crippen LogP contribution in [0.4, 0.5) is 8.78 Å². The van der Waals surface area contributed by atoms with Crippen molar-refractivity contribution in [2.75, 3.05) is 7.11 Å². The third-order valence-corrected chi connectivity index (χ3v) is 1.87. The van der Waals surface area contributed by atoms with Gasteiger partial charge in [-0.2, -0.15) is 14.0 Å². The first kappa shape index (κ1) is 12.7. The minimum absolute atomic E-state index is 0.0217. The molecule has 0 unspecified atom stereocenters. The van der Waals surface area contributed by atoms with Crippen molar-refractivity contribution < 1.29 is 28.2 Å². The van der Waals surface area contributed by atoms with Crippen LogP contribution >= 0.6 is 0 Å². The maximum absolute atomic E-state index is 12.1. The topological polar surface area (TPSA) is 79.6 Å². The summed E-state index contributed by atoms with van der Waals surface area (Å²) in [5.41, 5.74) is -0.589. The molecule has 0 atom stereocenters. The highest BCUT2D eigenvalue weighted by Gasteiger charge is 2.19. The van der Waals surface area contributed by atoms with Gasteiger partial charge in [-0.15, -0.1) is 0 Å². The summed E-state index contributed by atoms with van der Waals surface area (Å²) in [6.07, 6.45) is 0. The van der Waals surface area contributed by atoms with E-state index in [2.05, 4.69) is 4.74 Å². The maximum atomic E-state index is 12.1. The average Bonchev–Trinajstić information content (AvgIpc) is 2.27. The molecule has 0 bridgehead atoms. The normalized spacial score (nSPS) is 9.82. The number of aromatic carboxylic acids is 1. The zero-order valence-electron chi connectivity index (χ0n) is 8.61. The summed E-state index contributed by atoms with van der Waals surface area (Å²) >= 11 is 0. The van der Waals surface area contributed by atoms with Gasteiger partial charge in [-0.3, -0.25) is 0 Å². The summed E-state index contributed by atoms with van der Waals surface area (Å²) in [6, 6.07) is 3.54. The Bertz CT molecular complexity index is 482. The number of methoxy groups -OCH3 is 1. The molecule has 0 radical (unpaired) electrons. The molecule has 7 heteroatoms. The molecule has 0 aromatic heterocycles. The second kappa shape index (κ2) is 5.12. The zero-order valence-corrected chi connectivity index (χ0v) is 8.61. The predicted octanol–water partition coefficient (Wildman–Crippen LogP) is 1.87. The number of hydrogen-bond acceptors (Lipinski definition) is 4. The van der Waals surface area contributed by atoms with Crippen LogP contribution in [-0.4, -0.2) is 24.8 Å². The van der Waals surface area contributed by atoms with Crippen LogP contribution in [-0.2, 0) is 0 Å². The van der Waals surface area contributed by atoms with Gasteiger partial charge in [-0.05, 0) is 6.07 Å². The molecule has 1 N–H and O–H groups in total. The Kier molecular flexibility index (Phi) is 3.82. The number of carbonyl (C=O) groups is 1. The van der Waals surface area contributed by atoms with E-state index in [0.717, 1.165) is 12.1 Å². The van der Waals surface area contributed by atoms with E-state index >= 15 is 0 Å². The van der Waals surface area contributed by atoms with E-state index in [9.17, 15) is 13.6 Å². The summed E-state index contributed by atoms with van der Waals surface area (Å²) in [7, 11) is 1.23. The van der Waals surface area contributed by atoms with E-state index in [4.69, 9.17) is 15.1 Å². The maximum Gasteiger partial charge on any atom is 0.387 e. The molecule has 1 rings (SSSR count). The number of nitriles is 1. The van der Waals surface area contributed by atoms with E-state index in [1.54, 1.807) is 6.07 Å². The van der Waals surface area contributed by atoms with Gasteiger partial charge in [0.15, 0.2) is 0 Å². The highest BCUT2D eigenvalue weighted by Crippen LogP contribution is 2.29. The fourth-order valence-corrected chi connectivity index (χ4v) is 1.18. The van der Waals surface area contributed by atoms with Gasteiger partial charge >= 0.3 is 12.6 Å². The van der Waals surface area contributed by atoms with Crippen LogP contribution in [0.1, 0.15) is 15.9 Å². The molecule has 1 aromatic carbocycles. The summed E-state index contributed by atoms with van der Waals surface area (Å²) in [5, 5.41) is 17.5. The monoisotopic (exact) mass is 243 g/mol. The Hall–Kier alpha value is -2.36. The largest absolute Gasteiger partial charge is 0.495 e. The minimum Gasteiger partial charge on any atom is -0.495 e. The smallest absolute Gasteiger partial charge is 0.387 e. The Balaban J connectivity index is 3.36. The molecule has 90 valence electrons. The second-order valence-corrected chi connectivity index (χ2v) is 2.84. The Morgan fingerprint density at radius 2 is 2.12 bits per heavy atom. The molecular weight excluding hydrogens is 236 g/mol. The number of benzene rings is 1. The Morgan fingerprint density at radius 1 is 1.47 bits per heavy atom. The number of nitrogens with zero attached hydrogens (tertiary/aromatic N) is 1. The SMILES string of the molecule is COc1cc(C(=O)O)c(OC(F)F)cc1C#N. The van der Waals surface area contributed by atoms with Gasteiger partial charge in [-0.1, -0.05) is 0 Å². The van der Waals surface area contributed by atoms with Crippen LogP contribution in [0.3, 0.4) is 0 Å². The first-order valence-corrected chi connectivity index (χ1v) is 4.29. The number of carboxylic acids is 1. The van der Waals surface area contributed by atoms with Gasteiger partial charge in [0, 0.05) is 6.07 Å². The molecule has 17 heavy (non-hydrogen) atoms. The molecule has 5 nitrogen and oxygen atoms in total. The van der Waals surface area contributed by atoms with Crippen molar-refractivity contribution in [2.45, 2.75) is 6.61 Å². The van der Waals surface area contributed by atoms with Gasteiger partial charge in [0.05, 0.1) is 12.7 Å². The van der Waals surface area contributed by atoms with Crippen LogP contribution in [0, 0.1) is 11.3 Å². The van der Waals surface area contributed by atoms with Crippen molar-refractivity contribution in [3.8, 4) is 17.6 Å². The van der Waals surface area contributed by atoms with E-state index in [0.29, 0.717) is 0 Å². The number of alkyl halides is 2. The molecule has 0 heterocycles. The second-order valence-electron chi connectivity index (χ2n) is 2.84. The first-order chi connectivity index (χ1) is 7.99. The number of ether oxygens (including phenoxy) is 2. The standard InChI is InChI=1S/C10H7F2NO4/c1-16-7-3-6(9(14)15)8(17-10(11)12)2-5(7)4-13/h2-3,10H,1H3,(H,14,15). The lowest BCUT2D eigenvalue weighted by Crippen LogP contribution is -2.08. The molecule has 0 aliphatic heterocycles. The highest BCUT2D eigenvalue weighted by atomic mass is 19.3. The lowest BCUT2D eigenvalue weighted by Gasteiger charge is -2.10. The Morgan fingerprint density at radius 3 is 2.53 bits per heavy atom. The molecule has 0 aliphatic carbocycles. The number of hydrogen-bond donors (Lipinski definition) is 1. The number of carboxylic acid groups (broad SMARTS) is 1. The summed E-state index contributed by atoms with van der Waals surface area (Å²) in [5.74, 6) is -2.06. The quantitative estimate of drug-likeness (QED) is 0.873. The van der Waals surface area contributed by atoms with Crippen molar-refractivity contribution in [1.29, 1.82) is 5.26 Å². The molecule has 1 aromatic rings. The summed E-state index contributed by atoms with van der Waals surface area (Å²) in [6.45, 7) is -3.17. The van der Waals surface area contributed by atoms with Crippen molar-refractivity contribution in [3.05, 3.63) is 23.3 Å². The van der Waals surface area contributed by atoms with Crippen molar-refractivity contribution in [3.63, 3.8) is 0 Å². The van der Waals surface area contributed by atoms with E-state index in [1.165, 1.54) is 7.11 Å². The van der Waals surface area contributed by atoms with E-state index in [-0.39, 0.29) is 11.3 Å². The van der Waals surface area contributed by atoms with Gasteiger partial charge in [-0.25, -0.2) is 4.79 Å². The lowest BCUT2D eigenvalue weighted by atomic mass is 10.1. The summed E-state index contributed by atoms with van der Waals surface area (Å²) in [4.78, 5) is 10.8. The van der Waals surface area contributed by atoms with Gasteiger partial charge in [0.25, 0.3) is 0 Å². The molecule has 0 saturated carbocycles. The number of halogens is 2.